The Hall–Kier alpha value is -2.34. The van der Waals surface area contributed by atoms with E-state index in [2.05, 4.69) is 15.2 Å². The van der Waals surface area contributed by atoms with Crippen molar-refractivity contribution in [2.75, 3.05) is 12.4 Å². The molecule has 0 aliphatic carbocycles. The second-order valence-corrected chi connectivity index (χ2v) is 5.59. The molecule has 122 valence electrons. The minimum atomic E-state index is -0.490. The molecule has 0 radical (unpaired) electrons. The molecular formula is C16H18ClN3O3. The van der Waals surface area contributed by atoms with Crippen LogP contribution in [0.25, 0.3) is 0 Å². The zero-order valence-corrected chi connectivity index (χ0v) is 14.2. The molecule has 0 saturated heterocycles. The van der Waals surface area contributed by atoms with Crippen molar-refractivity contribution >= 4 is 29.2 Å². The number of amides is 1. The number of halogens is 1. The lowest BCUT2D eigenvalue weighted by molar-refractivity contribution is -0.115. The summed E-state index contributed by atoms with van der Waals surface area (Å²) in [5.41, 5.74) is 3.33. The van der Waals surface area contributed by atoms with Gasteiger partial charge >= 0.3 is 5.97 Å². The van der Waals surface area contributed by atoms with E-state index in [-0.39, 0.29) is 12.3 Å². The summed E-state index contributed by atoms with van der Waals surface area (Å²) >= 11 is 6.07. The molecule has 2 aromatic rings. The van der Waals surface area contributed by atoms with E-state index >= 15 is 0 Å². The van der Waals surface area contributed by atoms with Crippen LogP contribution in [0.15, 0.2) is 18.2 Å². The van der Waals surface area contributed by atoms with Gasteiger partial charge < -0.3 is 10.1 Å². The Morgan fingerprint density at radius 3 is 2.61 bits per heavy atom. The topological polar surface area (TPSA) is 73.2 Å². The molecule has 1 aromatic heterocycles. The fraction of sp³-hybridized carbons (Fsp3) is 0.312. The van der Waals surface area contributed by atoms with Crippen molar-refractivity contribution in [3.8, 4) is 0 Å². The SMILES string of the molecule is COC(=O)c1ccc(Cl)c(NC(=O)Cc2c(C)nn(C)c2C)c1. The minimum Gasteiger partial charge on any atom is -0.465 e. The predicted octanol–water partition coefficient (Wildman–Crippen LogP) is 2.66. The van der Waals surface area contributed by atoms with Crippen molar-refractivity contribution in [3.05, 3.63) is 45.7 Å². The first-order valence-electron chi connectivity index (χ1n) is 7.00. The number of hydrogen-bond acceptors (Lipinski definition) is 4. The molecule has 0 fully saturated rings. The van der Waals surface area contributed by atoms with Gasteiger partial charge in [0.15, 0.2) is 0 Å². The highest BCUT2D eigenvalue weighted by atomic mass is 35.5. The Bertz CT molecular complexity index is 768. The molecule has 0 aliphatic heterocycles. The Morgan fingerprint density at radius 1 is 1.35 bits per heavy atom. The first kappa shape index (κ1) is 17.0. The fourth-order valence-electron chi connectivity index (χ4n) is 2.29. The lowest BCUT2D eigenvalue weighted by atomic mass is 10.1. The van der Waals surface area contributed by atoms with Gasteiger partial charge in [-0.15, -0.1) is 0 Å². The number of nitrogens with zero attached hydrogens (tertiary/aromatic N) is 2. The highest BCUT2D eigenvalue weighted by Crippen LogP contribution is 2.24. The average Bonchev–Trinajstić information content (AvgIpc) is 2.75. The molecule has 1 amide bonds. The van der Waals surface area contributed by atoms with Gasteiger partial charge in [-0.2, -0.15) is 5.10 Å². The number of benzene rings is 1. The van der Waals surface area contributed by atoms with Crippen LogP contribution in [0.3, 0.4) is 0 Å². The molecule has 1 N–H and O–H groups in total. The maximum atomic E-state index is 12.3. The zero-order valence-electron chi connectivity index (χ0n) is 13.4. The Labute approximate surface area is 139 Å². The molecule has 23 heavy (non-hydrogen) atoms. The molecule has 7 heteroatoms. The molecule has 0 unspecified atom stereocenters. The van der Waals surface area contributed by atoms with Gasteiger partial charge in [0.1, 0.15) is 0 Å². The number of ether oxygens (including phenoxy) is 1. The highest BCUT2D eigenvalue weighted by Gasteiger charge is 2.15. The lowest BCUT2D eigenvalue weighted by Gasteiger charge is -2.09. The predicted molar refractivity (Wildman–Crippen MR) is 87.8 cm³/mol. The summed E-state index contributed by atoms with van der Waals surface area (Å²) < 4.78 is 6.40. The number of esters is 1. The summed E-state index contributed by atoms with van der Waals surface area (Å²) in [6.45, 7) is 3.77. The molecular weight excluding hydrogens is 318 g/mol. The number of nitrogens with one attached hydrogen (secondary N) is 1. The van der Waals surface area contributed by atoms with Crippen LogP contribution in [0, 0.1) is 13.8 Å². The largest absolute Gasteiger partial charge is 0.465 e. The molecule has 1 heterocycles. The van der Waals surface area contributed by atoms with E-state index in [0.717, 1.165) is 17.0 Å². The number of carbonyl (C=O) groups excluding carboxylic acids is 2. The van der Waals surface area contributed by atoms with Crippen LogP contribution in [-0.2, 0) is 23.0 Å². The van der Waals surface area contributed by atoms with E-state index in [9.17, 15) is 9.59 Å². The van der Waals surface area contributed by atoms with E-state index < -0.39 is 5.97 Å². The van der Waals surface area contributed by atoms with E-state index in [4.69, 9.17) is 11.6 Å². The molecule has 0 saturated carbocycles. The van der Waals surface area contributed by atoms with Crippen molar-refractivity contribution in [3.63, 3.8) is 0 Å². The van der Waals surface area contributed by atoms with Crippen LogP contribution < -0.4 is 5.32 Å². The first-order chi connectivity index (χ1) is 10.8. The zero-order chi connectivity index (χ0) is 17.1. The van der Waals surface area contributed by atoms with Crippen molar-refractivity contribution in [1.82, 2.24) is 9.78 Å². The molecule has 1 aromatic carbocycles. The van der Waals surface area contributed by atoms with E-state index in [1.54, 1.807) is 16.8 Å². The van der Waals surface area contributed by atoms with E-state index in [0.29, 0.717) is 16.3 Å². The van der Waals surface area contributed by atoms with Gasteiger partial charge in [0.2, 0.25) is 5.91 Å². The quantitative estimate of drug-likeness (QED) is 0.872. The molecule has 6 nitrogen and oxygen atoms in total. The number of aromatic nitrogens is 2. The third-order valence-electron chi connectivity index (χ3n) is 3.66. The van der Waals surface area contributed by atoms with E-state index in [1.807, 2.05) is 20.9 Å². The summed E-state index contributed by atoms with van der Waals surface area (Å²) in [6.07, 6.45) is 0.185. The summed E-state index contributed by atoms with van der Waals surface area (Å²) in [5, 5.41) is 7.36. The van der Waals surface area contributed by atoms with Crippen LogP contribution in [0.4, 0.5) is 5.69 Å². The number of rotatable bonds is 4. The molecule has 0 aliphatic rings. The van der Waals surface area contributed by atoms with Crippen LogP contribution in [0.1, 0.15) is 27.3 Å². The van der Waals surface area contributed by atoms with E-state index in [1.165, 1.54) is 13.2 Å². The molecule has 0 spiro atoms. The Balaban J connectivity index is 2.18. The van der Waals surface area contributed by atoms with Crippen molar-refractivity contribution in [1.29, 1.82) is 0 Å². The second kappa shape index (κ2) is 6.83. The third kappa shape index (κ3) is 3.71. The van der Waals surface area contributed by atoms with Crippen LogP contribution in [0.2, 0.25) is 5.02 Å². The van der Waals surface area contributed by atoms with Crippen molar-refractivity contribution < 1.29 is 14.3 Å². The van der Waals surface area contributed by atoms with Crippen LogP contribution in [-0.4, -0.2) is 28.8 Å². The van der Waals surface area contributed by atoms with Gasteiger partial charge in [-0.3, -0.25) is 9.48 Å². The normalized spacial score (nSPS) is 10.5. The summed E-state index contributed by atoms with van der Waals surface area (Å²) in [6, 6.07) is 4.58. The smallest absolute Gasteiger partial charge is 0.337 e. The number of aryl methyl sites for hydroxylation is 2. The van der Waals surface area contributed by atoms with Gasteiger partial charge in [0.25, 0.3) is 0 Å². The Morgan fingerprint density at radius 2 is 2.04 bits per heavy atom. The van der Waals surface area contributed by atoms with Crippen LogP contribution in [0.5, 0.6) is 0 Å². The van der Waals surface area contributed by atoms with Crippen molar-refractivity contribution in [2.24, 2.45) is 7.05 Å². The average molecular weight is 336 g/mol. The van der Waals surface area contributed by atoms with Gasteiger partial charge in [-0.1, -0.05) is 11.6 Å². The number of carbonyl (C=O) groups is 2. The number of hydrogen-bond donors (Lipinski definition) is 1. The van der Waals surface area contributed by atoms with Crippen molar-refractivity contribution in [2.45, 2.75) is 20.3 Å². The summed E-state index contributed by atoms with van der Waals surface area (Å²) in [4.78, 5) is 23.8. The fourth-order valence-corrected chi connectivity index (χ4v) is 2.46. The summed E-state index contributed by atoms with van der Waals surface area (Å²) in [5.74, 6) is -0.718. The lowest BCUT2D eigenvalue weighted by Crippen LogP contribution is -2.16. The monoisotopic (exact) mass is 335 g/mol. The molecule has 2 rings (SSSR count). The molecule has 0 bridgehead atoms. The summed E-state index contributed by atoms with van der Waals surface area (Å²) in [7, 11) is 3.13. The Kier molecular flexibility index (Phi) is 5.05. The van der Waals surface area contributed by atoms with Gasteiger partial charge in [0, 0.05) is 18.3 Å². The highest BCUT2D eigenvalue weighted by molar-refractivity contribution is 6.33. The molecule has 0 atom stereocenters. The minimum absolute atomic E-state index is 0.185. The number of methoxy groups -OCH3 is 1. The standard InChI is InChI=1S/C16H18ClN3O3/c1-9-12(10(2)20(3)19-9)8-15(21)18-14-7-11(16(22)23-4)5-6-13(14)17/h5-7H,8H2,1-4H3,(H,18,21). The number of anilines is 1. The van der Waals surface area contributed by atoms with Crippen LogP contribution >= 0.6 is 11.6 Å². The second-order valence-electron chi connectivity index (χ2n) is 5.18. The maximum absolute atomic E-state index is 12.3. The van der Waals surface area contributed by atoms with Gasteiger partial charge in [-0.05, 0) is 32.0 Å². The first-order valence-corrected chi connectivity index (χ1v) is 7.38. The maximum Gasteiger partial charge on any atom is 0.337 e. The van der Waals surface area contributed by atoms with Gasteiger partial charge in [0.05, 0.1) is 35.5 Å². The van der Waals surface area contributed by atoms with Gasteiger partial charge in [-0.25, -0.2) is 4.79 Å². The third-order valence-corrected chi connectivity index (χ3v) is 3.99.